The van der Waals surface area contributed by atoms with Gasteiger partial charge in [-0.05, 0) is 58.4 Å². The summed E-state index contributed by atoms with van der Waals surface area (Å²) in [6.45, 7) is 8.95. The van der Waals surface area contributed by atoms with Gasteiger partial charge >= 0.3 is 0 Å². The first-order valence-corrected chi connectivity index (χ1v) is 11.6. The summed E-state index contributed by atoms with van der Waals surface area (Å²) in [5.74, 6) is 0. The van der Waals surface area contributed by atoms with Crippen LogP contribution in [0.1, 0.15) is 96.8 Å². The quantitative estimate of drug-likeness (QED) is 0.203. The van der Waals surface area contributed by atoms with Gasteiger partial charge in [0.15, 0.2) is 0 Å². The Balaban J connectivity index is 2.95. The molecule has 4 N–H and O–H groups in total. The van der Waals surface area contributed by atoms with E-state index in [1.807, 2.05) is 0 Å². The summed E-state index contributed by atoms with van der Waals surface area (Å²) in [5, 5.41) is 18.9. The molecule has 0 spiro atoms. The maximum absolute atomic E-state index is 8.66. The maximum Gasteiger partial charge on any atom is 0.0555 e. The van der Waals surface area contributed by atoms with E-state index in [4.69, 9.17) is 5.11 Å². The molecule has 0 aromatic carbocycles. The van der Waals surface area contributed by atoms with Crippen molar-refractivity contribution in [3.63, 3.8) is 0 Å². The van der Waals surface area contributed by atoms with Crippen molar-refractivity contribution < 1.29 is 5.11 Å². The number of hydrogen-bond donors (Lipinski definition) is 4. The average molecular weight is 372 g/mol. The van der Waals surface area contributed by atoms with Gasteiger partial charge in [-0.25, -0.2) is 0 Å². The van der Waals surface area contributed by atoms with E-state index in [9.17, 15) is 0 Å². The third-order valence-electron chi connectivity index (χ3n) is 4.95. The fourth-order valence-electron chi connectivity index (χ4n) is 3.27. The van der Waals surface area contributed by atoms with E-state index in [0.29, 0.717) is 0 Å². The first-order valence-electron chi connectivity index (χ1n) is 11.6. The highest BCUT2D eigenvalue weighted by Gasteiger charge is 1.94. The summed E-state index contributed by atoms with van der Waals surface area (Å²) in [5.41, 5.74) is 0. The molecule has 0 aliphatic heterocycles. The fourth-order valence-corrected chi connectivity index (χ4v) is 3.27. The molecular formula is C22H49N3O. The zero-order chi connectivity index (χ0) is 19.0. The third-order valence-corrected chi connectivity index (χ3v) is 4.95. The van der Waals surface area contributed by atoms with Gasteiger partial charge in [-0.2, -0.15) is 0 Å². The topological polar surface area (TPSA) is 56.3 Å². The van der Waals surface area contributed by atoms with Crippen LogP contribution in [0.3, 0.4) is 0 Å². The Bertz CT molecular complexity index is 215. The van der Waals surface area contributed by atoms with Crippen LogP contribution in [0, 0.1) is 0 Å². The van der Waals surface area contributed by atoms with Crippen molar-refractivity contribution in [3.8, 4) is 0 Å². The van der Waals surface area contributed by atoms with E-state index < -0.39 is 0 Å². The van der Waals surface area contributed by atoms with Gasteiger partial charge in [0.2, 0.25) is 0 Å². The number of rotatable bonds is 23. The number of aliphatic hydroxyl groups excluding tert-OH is 1. The predicted molar refractivity (Wildman–Crippen MR) is 116 cm³/mol. The van der Waals surface area contributed by atoms with Gasteiger partial charge < -0.3 is 21.1 Å². The minimum absolute atomic E-state index is 0.255. The number of unbranched alkanes of at least 4 members (excludes halogenated alkanes) is 12. The Hall–Kier alpha value is -0.160. The minimum Gasteiger partial charge on any atom is -0.395 e. The Morgan fingerprint density at radius 2 is 0.731 bits per heavy atom. The highest BCUT2D eigenvalue weighted by atomic mass is 16.3. The Labute approximate surface area is 164 Å². The van der Waals surface area contributed by atoms with Crippen LogP contribution in [0.25, 0.3) is 0 Å². The van der Waals surface area contributed by atoms with Crippen LogP contribution in [0.5, 0.6) is 0 Å². The van der Waals surface area contributed by atoms with Crippen molar-refractivity contribution in [1.29, 1.82) is 0 Å². The van der Waals surface area contributed by atoms with E-state index in [-0.39, 0.29) is 6.61 Å². The van der Waals surface area contributed by atoms with Crippen molar-refractivity contribution in [1.82, 2.24) is 16.0 Å². The molecule has 0 radical (unpaired) electrons. The lowest BCUT2D eigenvalue weighted by molar-refractivity contribution is 0.292. The Morgan fingerprint density at radius 1 is 0.423 bits per heavy atom. The van der Waals surface area contributed by atoms with Gasteiger partial charge in [-0.1, -0.05) is 71.1 Å². The summed E-state index contributed by atoms with van der Waals surface area (Å²) < 4.78 is 0. The lowest BCUT2D eigenvalue weighted by Crippen LogP contribution is -2.19. The van der Waals surface area contributed by atoms with E-state index in [0.717, 1.165) is 19.6 Å². The lowest BCUT2D eigenvalue weighted by atomic mass is 10.1. The fraction of sp³-hybridized carbons (Fsp3) is 1.00. The van der Waals surface area contributed by atoms with Crippen LogP contribution in [0.2, 0.25) is 0 Å². The van der Waals surface area contributed by atoms with Gasteiger partial charge in [-0.3, -0.25) is 0 Å². The van der Waals surface area contributed by atoms with Gasteiger partial charge in [0.1, 0.15) is 0 Å². The molecule has 0 saturated heterocycles. The van der Waals surface area contributed by atoms with Crippen molar-refractivity contribution in [3.05, 3.63) is 0 Å². The zero-order valence-corrected chi connectivity index (χ0v) is 17.8. The SMILES string of the molecule is CCNCCCCCCCCCNCCCCCCCCCNCCO. The molecule has 0 fully saturated rings. The lowest BCUT2D eigenvalue weighted by Gasteiger charge is -2.06. The molecular weight excluding hydrogens is 322 g/mol. The summed E-state index contributed by atoms with van der Waals surface area (Å²) in [7, 11) is 0. The number of hydrogen-bond acceptors (Lipinski definition) is 4. The second-order valence-electron chi connectivity index (χ2n) is 7.53. The molecule has 4 nitrogen and oxygen atoms in total. The number of aliphatic hydroxyl groups is 1. The zero-order valence-electron chi connectivity index (χ0n) is 17.8. The monoisotopic (exact) mass is 371 g/mol. The molecule has 4 heteroatoms. The van der Waals surface area contributed by atoms with E-state index in [1.165, 1.54) is 110 Å². The van der Waals surface area contributed by atoms with Gasteiger partial charge in [0.05, 0.1) is 6.61 Å². The first kappa shape index (κ1) is 25.8. The van der Waals surface area contributed by atoms with Gasteiger partial charge in [0, 0.05) is 6.54 Å². The molecule has 0 aromatic heterocycles. The highest BCUT2D eigenvalue weighted by Crippen LogP contribution is 2.07. The molecule has 0 rings (SSSR count). The molecule has 0 atom stereocenters. The van der Waals surface area contributed by atoms with E-state index >= 15 is 0 Å². The Morgan fingerprint density at radius 3 is 1.08 bits per heavy atom. The summed E-state index contributed by atoms with van der Waals surface area (Å²) in [6.07, 6.45) is 19.2. The van der Waals surface area contributed by atoms with E-state index in [2.05, 4.69) is 22.9 Å². The molecule has 0 unspecified atom stereocenters. The number of nitrogens with one attached hydrogen (secondary N) is 3. The molecule has 0 bridgehead atoms. The normalized spacial score (nSPS) is 11.3. The summed E-state index contributed by atoms with van der Waals surface area (Å²) in [6, 6.07) is 0. The molecule has 0 heterocycles. The second-order valence-corrected chi connectivity index (χ2v) is 7.53. The predicted octanol–water partition coefficient (Wildman–Crippen LogP) is 4.23. The van der Waals surface area contributed by atoms with Crippen LogP contribution in [-0.2, 0) is 0 Å². The van der Waals surface area contributed by atoms with Crippen molar-refractivity contribution >= 4 is 0 Å². The first-order chi connectivity index (χ1) is 12.9. The molecule has 158 valence electrons. The standard InChI is InChI=1S/C22H49N3O/c1-2-23-17-13-9-5-3-6-10-14-18-24-19-15-11-7-4-8-12-16-20-25-21-22-26/h23-26H,2-22H2,1H3. The second kappa shape index (κ2) is 24.8. The summed E-state index contributed by atoms with van der Waals surface area (Å²) in [4.78, 5) is 0. The maximum atomic E-state index is 8.66. The van der Waals surface area contributed by atoms with Crippen LogP contribution in [0.15, 0.2) is 0 Å². The summed E-state index contributed by atoms with van der Waals surface area (Å²) >= 11 is 0. The molecule has 0 amide bonds. The van der Waals surface area contributed by atoms with Gasteiger partial charge in [-0.15, -0.1) is 0 Å². The van der Waals surface area contributed by atoms with E-state index in [1.54, 1.807) is 0 Å². The highest BCUT2D eigenvalue weighted by molar-refractivity contribution is 4.53. The molecule has 26 heavy (non-hydrogen) atoms. The van der Waals surface area contributed by atoms with Crippen LogP contribution < -0.4 is 16.0 Å². The molecule has 0 aromatic rings. The van der Waals surface area contributed by atoms with Crippen molar-refractivity contribution in [2.45, 2.75) is 96.8 Å². The van der Waals surface area contributed by atoms with Crippen LogP contribution >= 0.6 is 0 Å². The average Bonchev–Trinajstić information content (AvgIpc) is 2.66. The van der Waals surface area contributed by atoms with Gasteiger partial charge in [0.25, 0.3) is 0 Å². The largest absolute Gasteiger partial charge is 0.395 e. The van der Waals surface area contributed by atoms with Crippen LogP contribution in [-0.4, -0.2) is 51.0 Å². The minimum atomic E-state index is 0.255. The van der Waals surface area contributed by atoms with Crippen molar-refractivity contribution in [2.75, 3.05) is 45.9 Å². The molecule has 0 aliphatic carbocycles. The third kappa shape index (κ3) is 23.8. The molecule has 0 aliphatic rings. The molecule has 0 saturated carbocycles. The van der Waals surface area contributed by atoms with Crippen LogP contribution in [0.4, 0.5) is 0 Å². The smallest absolute Gasteiger partial charge is 0.0555 e. The Kier molecular flexibility index (Phi) is 24.7. The van der Waals surface area contributed by atoms with Crippen molar-refractivity contribution in [2.24, 2.45) is 0 Å².